The van der Waals surface area contributed by atoms with Gasteiger partial charge in [-0.25, -0.2) is 4.39 Å². The van der Waals surface area contributed by atoms with Crippen LogP contribution in [0.2, 0.25) is 0 Å². The summed E-state index contributed by atoms with van der Waals surface area (Å²) in [5.74, 6) is 0.758. The van der Waals surface area contributed by atoms with E-state index < -0.39 is 5.82 Å². The first kappa shape index (κ1) is 19.9. The van der Waals surface area contributed by atoms with Gasteiger partial charge in [-0.2, -0.15) is 5.26 Å². The third-order valence-corrected chi connectivity index (χ3v) is 4.87. The largest absolute Gasteiger partial charge is 0.493 e. The molecule has 0 unspecified atom stereocenters. The van der Waals surface area contributed by atoms with Gasteiger partial charge in [0, 0.05) is 5.56 Å². The van der Waals surface area contributed by atoms with E-state index in [9.17, 15) is 9.65 Å². The Labute approximate surface area is 177 Å². The lowest BCUT2D eigenvalue weighted by Crippen LogP contribution is -2.00. The van der Waals surface area contributed by atoms with Crippen molar-refractivity contribution >= 4 is 34.2 Å². The summed E-state index contributed by atoms with van der Waals surface area (Å²) < 4.78 is 26.3. The molecule has 0 bridgehead atoms. The topological polar surface area (TPSA) is 42.2 Å². The van der Waals surface area contributed by atoms with Gasteiger partial charge in [-0.05, 0) is 58.0 Å². The summed E-state index contributed by atoms with van der Waals surface area (Å²) in [5.41, 5.74) is 2.29. The van der Waals surface area contributed by atoms with Gasteiger partial charge in [0.1, 0.15) is 12.4 Å². The summed E-state index contributed by atoms with van der Waals surface area (Å²) in [6.45, 7) is 0.418. The molecule has 3 rings (SSSR count). The van der Waals surface area contributed by atoms with E-state index in [4.69, 9.17) is 9.47 Å². The normalized spacial score (nSPS) is 11.0. The SMILES string of the molecule is COc1cc(/C=C(/C#N)c2ccccc2F)cc(I)c1OCc1ccccc1. The summed E-state index contributed by atoms with van der Waals surface area (Å²) in [4.78, 5) is 0. The standard InChI is InChI=1S/C23H17FINO2/c1-27-22-13-17(11-18(14-26)19-9-5-6-10-20(19)24)12-21(25)23(22)28-15-16-7-3-2-4-8-16/h2-13H,15H2,1H3/b18-11-. The molecule has 3 nitrogen and oxygen atoms in total. The van der Waals surface area contributed by atoms with Crippen LogP contribution in [0.5, 0.6) is 11.5 Å². The van der Waals surface area contributed by atoms with Crippen LogP contribution in [-0.2, 0) is 6.61 Å². The molecule has 5 heteroatoms. The van der Waals surface area contributed by atoms with E-state index >= 15 is 0 Å². The van der Waals surface area contributed by atoms with Crippen LogP contribution < -0.4 is 9.47 Å². The highest BCUT2D eigenvalue weighted by Crippen LogP contribution is 2.35. The van der Waals surface area contributed by atoms with Crippen molar-refractivity contribution in [3.8, 4) is 17.6 Å². The van der Waals surface area contributed by atoms with E-state index in [0.29, 0.717) is 18.1 Å². The highest BCUT2D eigenvalue weighted by Gasteiger charge is 2.13. The van der Waals surface area contributed by atoms with Gasteiger partial charge in [-0.15, -0.1) is 0 Å². The van der Waals surface area contributed by atoms with Crippen molar-refractivity contribution in [3.05, 3.63) is 92.8 Å². The first-order valence-corrected chi connectivity index (χ1v) is 9.61. The predicted octanol–water partition coefficient (Wildman–Crippen LogP) is 6.08. The first-order valence-electron chi connectivity index (χ1n) is 8.53. The summed E-state index contributed by atoms with van der Waals surface area (Å²) in [6.07, 6.45) is 1.64. The van der Waals surface area contributed by atoms with Crippen molar-refractivity contribution in [1.82, 2.24) is 0 Å². The number of hydrogen-bond acceptors (Lipinski definition) is 3. The molecule has 3 aromatic rings. The second kappa shape index (κ2) is 9.38. The van der Waals surface area contributed by atoms with Crippen LogP contribution in [0.4, 0.5) is 4.39 Å². The molecule has 28 heavy (non-hydrogen) atoms. The zero-order valence-corrected chi connectivity index (χ0v) is 17.3. The number of nitrogens with zero attached hydrogens (tertiary/aromatic N) is 1. The Morgan fingerprint density at radius 3 is 2.50 bits per heavy atom. The minimum absolute atomic E-state index is 0.244. The zero-order valence-electron chi connectivity index (χ0n) is 15.2. The highest BCUT2D eigenvalue weighted by molar-refractivity contribution is 14.1. The fourth-order valence-corrected chi connectivity index (χ4v) is 3.49. The van der Waals surface area contributed by atoms with Crippen LogP contribution in [0.3, 0.4) is 0 Å². The van der Waals surface area contributed by atoms with Crippen LogP contribution >= 0.6 is 22.6 Å². The predicted molar refractivity (Wildman–Crippen MR) is 116 cm³/mol. The maximum atomic E-state index is 14.0. The van der Waals surface area contributed by atoms with Gasteiger partial charge in [0.15, 0.2) is 11.5 Å². The minimum atomic E-state index is -0.431. The van der Waals surface area contributed by atoms with Gasteiger partial charge in [0.25, 0.3) is 0 Å². The minimum Gasteiger partial charge on any atom is -0.493 e. The van der Waals surface area contributed by atoms with Gasteiger partial charge in [-0.1, -0.05) is 48.5 Å². The Bertz CT molecular complexity index is 1040. The fraction of sp³-hybridized carbons (Fsp3) is 0.0870. The average molecular weight is 485 g/mol. The molecule has 0 spiro atoms. The van der Waals surface area contributed by atoms with Crippen molar-refractivity contribution < 1.29 is 13.9 Å². The molecule has 0 aliphatic heterocycles. The molecule has 0 fully saturated rings. The summed E-state index contributed by atoms with van der Waals surface area (Å²) in [6, 6.07) is 21.8. The number of nitriles is 1. The fourth-order valence-electron chi connectivity index (χ4n) is 2.71. The van der Waals surface area contributed by atoms with Gasteiger partial charge >= 0.3 is 0 Å². The van der Waals surface area contributed by atoms with Gasteiger partial charge < -0.3 is 9.47 Å². The van der Waals surface area contributed by atoms with Crippen molar-refractivity contribution in [2.45, 2.75) is 6.61 Å². The second-order valence-corrected chi connectivity index (χ2v) is 7.12. The van der Waals surface area contributed by atoms with Crippen LogP contribution in [0.1, 0.15) is 16.7 Å². The number of rotatable bonds is 6. The van der Waals surface area contributed by atoms with Crippen LogP contribution in [-0.4, -0.2) is 7.11 Å². The maximum absolute atomic E-state index is 14.0. The number of halogens is 2. The Morgan fingerprint density at radius 1 is 1.11 bits per heavy atom. The van der Waals surface area contributed by atoms with Crippen LogP contribution in [0.15, 0.2) is 66.7 Å². The third kappa shape index (κ3) is 4.70. The molecular weight excluding hydrogens is 468 g/mol. The number of hydrogen-bond donors (Lipinski definition) is 0. The smallest absolute Gasteiger partial charge is 0.174 e. The van der Waals surface area contributed by atoms with E-state index in [0.717, 1.165) is 14.7 Å². The van der Waals surface area contributed by atoms with Crippen molar-refractivity contribution in [2.75, 3.05) is 7.11 Å². The van der Waals surface area contributed by atoms with Crippen LogP contribution in [0.25, 0.3) is 11.6 Å². The van der Waals surface area contributed by atoms with E-state index in [2.05, 4.69) is 28.7 Å². The Balaban J connectivity index is 1.92. The molecule has 140 valence electrons. The lowest BCUT2D eigenvalue weighted by Gasteiger charge is -2.14. The van der Waals surface area contributed by atoms with Gasteiger partial charge in [-0.3, -0.25) is 0 Å². The van der Waals surface area contributed by atoms with E-state index in [-0.39, 0.29) is 11.1 Å². The number of ether oxygens (including phenoxy) is 2. The number of methoxy groups -OCH3 is 1. The van der Waals surface area contributed by atoms with Crippen molar-refractivity contribution in [1.29, 1.82) is 5.26 Å². The summed E-state index contributed by atoms with van der Waals surface area (Å²) in [7, 11) is 1.57. The molecule has 0 aliphatic carbocycles. The molecule has 0 atom stereocenters. The molecule has 0 saturated heterocycles. The molecule has 0 aliphatic rings. The van der Waals surface area contributed by atoms with Crippen molar-refractivity contribution in [3.63, 3.8) is 0 Å². The quantitative estimate of drug-likeness (QED) is 0.242. The molecular formula is C23H17FINO2. The highest BCUT2D eigenvalue weighted by atomic mass is 127. The molecule has 0 radical (unpaired) electrons. The zero-order chi connectivity index (χ0) is 19.9. The second-order valence-electron chi connectivity index (χ2n) is 5.96. The molecule has 3 aromatic carbocycles. The summed E-state index contributed by atoms with van der Waals surface area (Å²) >= 11 is 2.17. The van der Waals surface area contributed by atoms with Gasteiger partial charge in [0.2, 0.25) is 0 Å². The molecule has 0 aromatic heterocycles. The molecule has 0 saturated carbocycles. The molecule has 0 amide bonds. The Kier molecular flexibility index (Phi) is 6.66. The average Bonchev–Trinajstić information content (AvgIpc) is 2.72. The number of benzene rings is 3. The van der Waals surface area contributed by atoms with E-state index in [1.807, 2.05) is 36.4 Å². The molecule has 0 N–H and O–H groups in total. The van der Waals surface area contributed by atoms with E-state index in [1.165, 1.54) is 6.07 Å². The lowest BCUT2D eigenvalue weighted by atomic mass is 10.0. The Hall–Kier alpha value is -2.85. The summed E-state index contributed by atoms with van der Waals surface area (Å²) in [5, 5.41) is 9.48. The Morgan fingerprint density at radius 2 is 1.82 bits per heavy atom. The van der Waals surface area contributed by atoms with Crippen LogP contribution in [0, 0.1) is 20.7 Å². The molecule has 0 heterocycles. The third-order valence-electron chi connectivity index (χ3n) is 4.07. The monoisotopic (exact) mass is 485 g/mol. The van der Waals surface area contributed by atoms with Gasteiger partial charge in [0.05, 0.1) is 22.3 Å². The first-order chi connectivity index (χ1) is 13.6. The van der Waals surface area contributed by atoms with Crippen molar-refractivity contribution in [2.24, 2.45) is 0 Å². The lowest BCUT2D eigenvalue weighted by molar-refractivity contribution is 0.282. The maximum Gasteiger partial charge on any atom is 0.174 e. The van der Waals surface area contributed by atoms with E-state index in [1.54, 1.807) is 37.5 Å². The number of allylic oxidation sites excluding steroid dienone is 1.